The van der Waals surface area contributed by atoms with E-state index in [1.807, 2.05) is 6.07 Å². The number of aryl methyl sites for hydroxylation is 1. The molecule has 0 amide bonds. The second-order valence-electron chi connectivity index (χ2n) is 7.82. The van der Waals surface area contributed by atoms with Crippen molar-refractivity contribution in [3.63, 3.8) is 0 Å². The van der Waals surface area contributed by atoms with Crippen LogP contribution in [0, 0.1) is 18.8 Å². The van der Waals surface area contributed by atoms with E-state index in [1.54, 1.807) is 25.1 Å². The smallest absolute Gasteiger partial charge is 0.243 e. The van der Waals surface area contributed by atoms with Crippen LogP contribution in [0.5, 0.6) is 0 Å². The third kappa shape index (κ3) is 3.00. The molecule has 5 unspecified atom stereocenters. The number of hydrogen-bond acceptors (Lipinski definition) is 4. The quantitative estimate of drug-likeness (QED) is 0.853. The van der Waals surface area contributed by atoms with E-state index in [-0.39, 0.29) is 42.7 Å². The molecule has 4 rings (SSSR count). The molecule has 0 spiro atoms. The molecule has 26 heavy (non-hydrogen) atoms. The molecule has 2 heterocycles. The number of piperidine rings is 2. The molecule has 0 bridgehead atoms. The predicted octanol–water partition coefficient (Wildman–Crippen LogP) is 2.05. The van der Waals surface area contributed by atoms with Gasteiger partial charge in [0.05, 0.1) is 4.90 Å². The monoisotopic (exact) mass is 380 g/mol. The number of fused-ring (bicyclic) bond motifs is 2. The van der Waals surface area contributed by atoms with Gasteiger partial charge in [0.1, 0.15) is 12.0 Å². The zero-order valence-corrected chi connectivity index (χ0v) is 15.7. The van der Waals surface area contributed by atoms with Crippen molar-refractivity contribution in [2.24, 2.45) is 11.8 Å². The van der Waals surface area contributed by atoms with Gasteiger partial charge in [0, 0.05) is 37.0 Å². The lowest BCUT2D eigenvalue weighted by Crippen LogP contribution is -2.64. The van der Waals surface area contributed by atoms with Crippen molar-refractivity contribution in [3.05, 3.63) is 29.8 Å². The predicted molar refractivity (Wildman–Crippen MR) is 96.0 cm³/mol. The highest BCUT2D eigenvalue weighted by Crippen LogP contribution is 2.37. The van der Waals surface area contributed by atoms with Gasteiger partial charge in [-0.1, -0.05) is 18.2 Å². The fraction of sp³-hybridized carbons (Fsp3) is 0.632. The Bertz CT molecular complexity index is 813. The van der Waals surface area contributed by atoms with Crippen LogP contribution >= 0.6 is 0 Å². The summed E-state index contributed by atoms with van der Waals surface area (Å²) >= 11 is 0. The fourth-order valence-electron chi connectivity index (χ4n) is 4.80. The molecule has 3 fully saturated rings. The summed E-state index contributed by atoms with van der Waals surface area (Å²) in [6.07, 6.45) is 1.15. The topological polar surface area (TPSA) is 66.5 Å². The van der Waals surface area contributed by atoms with E-state index in [9.17, 15) is 17.6 Å². The maximum Gasteiger partial charge on any atom is 0.243 e. The first-order chi connectivity index (χ1) is 12.4. The van der Waals surface area contributed by atoms with Gasteiger partial charge in [0.2, 0.25) is 10.0 Å². The molecule has 1 saturated carbocycles. The molecule has 7 heteroatoms. The molecule has 0 radical (unpaired) electrons. The number of carbonyl (C=O) groups is 1. The number of Topliss-reactive ketones (excluding diaryl/α,β-unsaturated/α-hetero) is 1. The molecule has 142 valence electrons. The summed E-state index contributed by atoms with van der Waals surface area (Å²) in [6, 6.07) is 6.97. The Kier molecular flexibility index (Phi) is 4.65. The summed E-state index contributed by atoms with van der Waals surface area (Å²) in [4.78, 5) is 13.3. The molecular weight excluding hydrogens is 355 g/mol. The van der Waals surface area contributed by atoms with Crippen LogP contribution in [-0.2, 0) is 14.8 Å². The number of nitrogens with one attached hydrogen (secondary N) is 1. The third-order valence-corrected chi connectivity index (χ3v) is 8.26. The Morgan fingerprint density at radius 1 is 1.12 bits per heavy atom. The molecular formula is C19H25FN2O3S. The highest BCUT2D eigenvalue weighted by molar-refractivity contribution is 7.89. The van der Waals surface area contributed by atoms with Crippen LogP contribution in [0.15, 0.2) is 29.2 Å². The Balaban J connectivity index is 1.57. The van der Waals surface area contributed by atoms with Gasteiger partial charge in [-0.3, -0.25) is 4.79 Å². The van der Waals surface area contributed by atoms with E-state index >= 15 is 0 Å². The van der Waals surface area contributed by atoms with Gasteiger partial charge in [0.25, 0.3) is 0 Å². The van der Waals surface area contributed by atoms with Crippen LogP contribution in [0.4, 0.5) is 4.39 Å². The normalized spacial score (nSPS) is 35.6. The van der Waals surface area contributed by atoms with Crippen LogP contribution < -0.4 is 5.32 Å². The Morgan fingerprint density at radius 2 is 1.85 bits per heavy atom. The van der Waals surface area contributed by atoms with Gasteiger partial charge in [-0.25, -0.2) is 12.8 Å². The van der Waals surface area contributed by atoms with Crippen LogP contribution in [-0.4, -0.2) is 49.9 Å². The van der Waals surface area contributed by atoms with E-state index in [0.29, 0.717) is 36.3 Å². The Hall–Kier alpha value is -1.31. The average molecular weight is 380 g/mol. The first-order valence-corrected chi connectivity index (χ1v) is 10.8. The molecule has 1 N–H and O–H groups in total. The number of benzene rings is 1. The molecule has 5 atom stereocenters. The lowest BCUT2D eigenvalue weighted by molar-refractivity contribution is -0.135. The Morgan fingerprint density at radius 3 is 2.62 bits per heavy atom. The van der Waals surface area contributed by atoms with Crippen molar-refractivity contribution in [2.45, 2.75) is 55.8 Å². The number of nitrogens with zero attached hydrogens (tertiary/aromatic N) is 1. The number of ketones is 1. The lowest BCUT2D eigenvalue weighted by atomic mass is 9.70. The zero-order valence-electron chi connectivity index (χ0n) is 14.9. The number of carbonyl (C=O) groups excluding carboxylic acids is 1. The number of alkyl halides is 1. The van der Waals surface area contributed by atoms with E-state index in [4.69, 9.17) is 0 Å². The maximum atomic E-state index is 13.8. The van der Waals surface area contributed by atoms with E-state index < -0.39 is 16.2 Å². The van der Waals surface area contributed by atoms with Crippen molar-refractivity contribution in [3.8, 4) is 0 Å². The van der Waals surface area contributed by atoms with Crippen molar-refractivity contribution < 1.29 is 17.6 Å². The standard InChI is InChI=1S/C19H25FN2O3S/c1-12-4-2-3-5-18(12)26(24,25)22-9-8-17-15(11-22)19(23)14-10-13(20)6-7-16(14)21-17/h2-5,13-17,21H,6-11H2,1H3. The molecule has 0 aromatic heterocycles. The first kappa shape index (κ1) is 18.1. The highest BCUT2D eigenvalue weighted by Gasteiger charge is 2.49. The van der Waals surface area contributed by atoms with Gasteiger partial charge < -0.3 is 5.32 Å². The van der Waals surface area contributed by atoms with Gasteiger partial charge >= 0.3 is 0 Å². The summed E-state index contributed by atoms with van der Waals surface area (Å²) in [5.74, 6) is -0.652. The summed E-state index contributed by atoms with van der Waals surface area (Å²) in [7, 11) is -3.63. The van der Waals surface area contributed by atoms with Gasteiger partial charge in [-0.05, 0) is 44.2 Å². The average Bonchev–Trinajstić information content (AvgIpc) is 2.62. The number of rotatable bonds is 2. The van der Waals surface area contributed by atoms with Crippen molar-refractivity contribution in [2.75, 3.05) is 13.1 Å². The minimum atomic E-state index is -3.63. The molecule has 5 nitrogen and oxygen atoms in total. The second kappa shape index (κ2) is 6.69. The molecule has 1 aromatic carbocycles. The van der Waals surface area contributed by atoms with Crippen molar-refractivity contribution in [1.82, 2.24) is 9.62 Å². The first-order valence-electron chi connectivity index (χ1n) is 9.37. The minimum Gasteiger partial charge on any atom is -0.310 e. The lowest BCUT2D eigenvalue weighted by Gasteiger charge is -2.48. The Labute approximate surface area is 154 Å². The SMILES string of the molecule is Cc1ccccc1S(=O)(=O)N1CCC2NC3CCC(F)CC3C(=O)C2C1. The van der Waals surface area contributed by atoms with Crippen LogP contribution in [0.3, 0.4) is 0 Å². The third-order valence-electron chi connectivity index (χ3n) is 6.23. The van der Waals surface area contributed by atoms with Gasteiger partial charge in [-0.15, -0.1) is 0 Å². The van der Waals surface area contributed by atoms with E-state index in [2.05, 4.69) is 5.32 Å². The summed E-state index contributed by atoms with van der Waals surface area (Å²) in [5.41, 5.74) is 0.704. The fourth-order valence-corrected chi connectivity index (χ4v) is 6.50. The molecule has 1 aromatic rings. The molecule has 2 saturated heterocycles. The molecule has 2 aliphatic heterocycles. The summed E-state index contributed by atoms with van der Waals surface area (Å²) < 4.78 is 41.4. The molecule has 3 aliphatic rings. The second-order valence-corrected chi connectivity index (χ2v) is 9.73. The molecule has 1 aliphatic carbocycles. The largest absolute Gasteiger partial charge is 0.310 e. The van der Waals surface area contributed by atoms with Gasteiger partial charge in [-0.2, -0.15) is 4.31 Å². The number of sulfonamides is 1. The minimum absolute atomic E-state index is 0.00299. The van der Waals surface area contributed by atoms with Crippen LogP contribution in [0.2, 0.25) is 0 Å². The maximum absolute atomic E-state index is 13.8. The summed E-state index contributed by atoms with van der Waals surface area (Å²) in [5, 5.41) is 3.52. The van der Waals surface area contributed by atoms with Crippen molar-refractivity contribution in [1.29, 1.82) is 0 Å². The van der Waals surface area contributed by atoms with Crippen LogP contribution in [0.1, 0.15) is 31.2 Å². The summed E-state index contributed by atoms with van der Waals surface area (Å²) in [6.45, 7) is 2.37. The van der Waals surface area contributed by atoms with Gasteiger partial charge in [0.15, 0.2) is 0 Å². The van der Waals surface area contributed by atoms with E-state index in [1.165, 1.54) is 4.31 Å². The van der Waals surface area contributed by atoms with Crippen molar-refractivity contribution >= 4 is 15.8 Å². The highest BCUT2D eigenvalue weighted by atomic mass is 32.2. The van der Waals surface area contributed by atoms with Crippen LogP contribution in [0.25, 0.3) is 0 Å². The zero-order chi connectivity index (χ0) is 18.5. The van der Waals surface area contributed by atoms with E-state index in [0.717, 1.165) is 0 Å². The number of halogens is 1. The number of hydrogen-bond donors (Lipinski definition) is 1.